The fourth-order valence-electron chi connectivity index (χ4n) is 1.92. The summed E-state index contributed by atoms with van der Waals surface area (Å²) < 4.78 is 5.29. The van der Waals surface area contributed by atoms with Gasteiger partial charge in [-0.15, -0.1) is 0 Å². The van der Waals surface area contributed by atoms with E-state index in [2.05, 4.69) is 22.4 Å². The van der Waals surface area contributed by atoms with Crippen molar-refractivity contribution in [2.45, 2.75) is 25.6 Å². The van der Waals surface area contributed by atoms with Crippen LogP contribution in [0.1, 0.15) is 41.8 Å². The van der Waals surface area contributed by atoms with Crippen molar-refractivity contribution in [3.63, 3.8) is 0 Å². The summed E-state index contributed by atoms with van der Waals surface area (Å²) in [6.07, 6.45) is 1.37. The van der Waals surface area contributed by atoms with E-state index in [0.717, 1.165) is 11.5 Å². The molecule has 1 aromatic heterocycles. The second-order valence-corrected chi connectivity index (χ2v) is 6.74. The Balaban J connectivity index is 1.71. The van der Waals surface area contributed by atoms with Crippen molar-refractivity contribution in [2.24, 2.45) is 11.7 Å². The van der Waals surface area contributed by atoms with E-state index in [1.165, 1.54) is 11.8 Å². The minimum absolute atomic E-state index is 0.207. The molecule has 2 rings (SSSR count). The van der Waals surface area contributed by atoms with Crippen molar-refractivity contribution in [3.8, 4) is 0 Å². The summed E-state index contributed by atoms with van der Waals surface area (Å²) >= 11 is 1.78. The summed E-state index contributed by atoms with van der Waals surface area (Å²) in [6, 6.07) is 9.97. The molecule has 0 aliphatic carbocycles. The van der Waals surface area contributed by atoms with Gasteiger partial charge in [-0.2, -0.15) is 11.8 Å². The van der Waals surface area contributed by atoms with Crippen LogP contribution in [-0.2, 0) is 5.75 Å². The highest BCUT2D eigenvalue weighted by Gasteiger charge is 2.19. The first-order valence-electron chi connectivity index (χ1n) is 7.69. The lowest BCUT2D eigenvalue weighted by Gasteiger charge is -2.10. The third kappa shape index (κ3) is 5.41. The predicted octanol–water partition coefficient (Wildman–Crippen LogP) is 2.99. The normalized spacial score (nSPS) is 12.3. The van der Waals surface area contributed by atoms with Crippen molar-refractivity contribution < 1.29 is 9.21 Å². The molecule has 1 atom stereocenters. The van der Waals surface area contributed by atoms with Crippen LogP contribution in [0.4, 0.5) is 0 Å². The molecule has 1 aromatic carbocycles. The molecule has 0 aliphatic rings. The maximum atomic E-state index is 12.0. The Bertz CT molecular complexity index is 613. The average molecular weight is 333 g/mol. The first kappa shape index (κ1) is 17.6. The minimum Gasteiger partial charge on any atom is -0.446 e. The van der Waals surface area contributed by atoms with Crippen LogP contribution in [0.15, 0.2) is 41.0 Å². The van der Waals surface area contributed by atoms with Crippen LogP contribution in [0, 0.1) is 5.92 Å². The van der Waals surface area contributed by atoms with Gasteiger partial charge in [-0.05, 0) is 11.5 Å². The van der Waals surface area contributed by atoms with Crippen LogP contribution < -0.4 is 11.1 Å². The zero-order chi connectivity index (χ0) is 16.7. The SMILES string of the molecule is CC(C)C(N)c1nc(C(=O)NCCSCc2ccccc2)co1. The van der Waals surface area contributed by atoms with Gasteiger partial charge in [-0.1, -0.05) is 44.2 Å². The predicted molar refractivity (Wildman–Crippen MR) is 93.2 cm³/mol. The summed E-state index contributed by atoms with van der Waals surface area (Å²) in [6.45, 7) is 4.56. The number of benzene rings is 1. The number of amides is 1. The number of nitrogens with zero attached hydrogens (tertiary/aromatic N) is 1. The van der Waals surface area contributed by atoms with Gasteiger partial charge < -0.3 is 15.5 Å². The lowest BCUT2D eigenvalue weighted by atomic mass is 10.1. The maximum Gasteiger partial charge on any atom is 0.273 e. The Morgan fingerprint density at radius 3 is 2.78 bits per heavy atom. The highest BCUT2D eigenvalue weighted by Crippen LogP contribution is 2.18. The molecule has 6 heteroatoms. The van der Waals surface area contributed by atoms with Crippen molar-refractivity contribution >= 4 is 17.7 Å². The largest absolute Gasteiger partial charge is 0.446 e. The average Bonchev–Trinajstić information content (AvgIpc) is 3.04. The zero-order valence-corrected chi connectivity index (χ0v) is 14.3. The molecule has 0 saturated carbocycles. The molecule has 23 heavy (non-hydrogen) atoms. The van der Waals surface area contributed by atoms with Gasteiger partial charge in [-0.25, -0.2) is 4.98 Å². The van der Waals surface area contributed by atoms with Crippen LogP contribution >= 0.6 is 11.8 Å². The summed E-state index contributed by atoms with van der Waals surface area (Å²) in [5.41, 5.74) is 7.52. The summed E-state index contributed by atoms with van der Waals surface area (Å²) in [5.74, 6) is 2.17. The molecular weight excluding hydrogens is 310 g/mol. The lowest BCUT2D eigenvalue weighted by molar-refractivity contribution is 0.0951. The van der Waals surface area contributed by atoms with Crippen molar-refractivity contribution in [3.05, 3.63) is 53.7 Å². The number of hydrogen-bond donors (Lipinski definition) is 2. The number of carbonyl (C=O) groups excluding carboxylic acids is 1. The molecule has 1 heterocycles. The molecule has 2 aromatic rings. The topological polar surface area (TPSA) is 81.1 Å². The first-order valence-corrected chi connectivity index (χ1v) is 8.84. The minimum atomic E-state index is -0.294. The molecular formula is C17H23N3O2S. The molecule has 0 fully saturated rings. The van der Waals surface area contributed by atoms with Gasteiger partial charge in [0.1, 0.15) is 6.26 Å². The number of nitrogens with one attached hydrogen (secondary N) is 1. The quantitative estimate of drug-likeness (QED) is 0.726. The molecule has 124 valence electrons. The molecule has 0 spiro atoms. The molecule has 3 N–H and O–H groups in total. The molecule has 1 unspecified atom stereocenters. The summed E-state index contributed by atoms with van der Waals surface area (Å²) in [7, 11) is 0. The maximum absolute atomic E-state index is 12.0. The second kappa shape index (κ2) is 8.74. The standard InChI is InChI=1S/C17H23N3O2S/c1-12(2)15(18)17-20-14(10-22-17)16(21)19-8-9-23-11-13-6-4-3-5-7-13/h3-7,10,12,15H,8-9,11,18H2,1-2H3,(H,19,21). The first-order chi connectivity index (χ1) is 11.1. The monoisotopic (exact) mass is 333 g/mol. The molecule has 1 amide bonds. The van der Waals surface area contributed by atoms with Crippen LogP contribution in [0.2, 0.25) is 0 Å². The Morgan fingerprint density at radius 1 is 1.35 bits per heavy atom. The van der Waals surface area contributed by atoms with Crippen molar-refractivity contribution in [2.75, 3.05) is 12.3 Å². The van der Waals surface area contributed by atoms with Gasteiger partial charge in [0.25, 0.3) is 5.91 Å². The van der Waals surface area contributed by atoms with Gasteiger partial charge in [0.05, 0.1) is 6.04 Å². The molecule has 5 nitrogen and oxygen atoms in total. The van der Waals surface area contributed by atoms with E-state index in [-0.39, 0.29) is 23.6 Å². The van der Waals surface area contributed by atoms with Crippen molar-refractivity contribution in [1.29, 1.82) is 0 Å². The van der Waals surface area contributed by atoms with E-state index in [1.54, 1.807) is 11.8 Å². The van der Waals surface area contributed by atoms with Gasteiger partial charge >= 0.3 is 0 Å². The number of oxazole rings is 1. The van der Waals surface area contributed by atoms with Gasteiger partial charge in [-0.3, -0.25) is 4.79 Å². The third-order valence-electron chi connectivity index (χ3n) is 3.40. The Kier molecular flexibility index (Phi) is 6.67. The van der Waals surface area contributed by atoms with Crippen molar-refractivity contribution in [1.82, 2.24) is 10.3 Å². The molecule has 0 aliphatic heterocycles. The van der Waals surface area contributed by atoms with E-state index in [9.17, 15) is 4.79 Å². The highest BCUT2D eigenvalue weighted by atomic mass is 32.2. The number of hydrogen-bond acceptors (Lipinski definition) is 5. The van der Waals surface area contributed by atoms with Crippen LogP contribution in [0.5, 0.6) is 0 Å². The number of nitrogens with two attached hydrogens (primary N) is 1. The Morgan fingerprint density at radius 2 is 2.09 bits per heavy atom. The number of carbonyl (C=O) groups is 1. The number of rotatable bonds is 8. The number of thioether (sulfide) groups is 1. The smallest absolute Gasteiger partial charge is 0.273 e. The lowest BCUT2D eigenvalue weighted by Crippen LogP contribution is -2.26. The van der Waals surface area contributed by atoms with E-state index in [4.69, 9.17) is 10.2 Å². The van der Waals surface area contributed by atoms with E-state index >= 15 is 0 Å². The van der Waals surface area contributed by atoms with Crippen LogP contribution in [-0.4, -0.2) is 23.2 Å². The second-order valence-electron chi connectivity index (χ2n) is 5.63. The molecule has 0 saturated heterocycles. The van der Waals surface area contributed by atoms with Crippen LogP contribution in [0.25, 0.3) is 0 Å². The van der Waals surface area contributed by atoms with E-state index in [0.29, 0.717) is 12.4 Å². The van der Waals surface area contributed by atoms with Gasteiger partial charge in [0.2, 0.25) is 5.89 Å². The summed E-state index contributed by atoms with van der Waals surface area (Å²) in [4.78, 5) is 16.2. The Labute approximate surface area is 141 Å². The van der Waals surface area contributed by atoms with Crippen LogP contribution in [0.3, 0.4) is 0 Å². The van der Waals surface area contributed by atoms with Gasteiger partial charge in [0, 0.05) is 18.1 Å². The molecule has 0 radical (unpaired) electrons. The fourth-order valence-corrected chi connectivity index (χ4v) is 2.74. The van der Waals surface area contributed by atoms with E-state index in [1.807, 2.05) is 32.0 Å². The number of aromatic nitrogens is 1. The fraction of sp³-hybridized carbons (Fsp3) is 0.412. The summed E-state index contributed by atoms with van der Waals surface area (Å²) in [5, 5.41) is 2.84. The highest BCUT2D eigenvalue weighted by molar-refractivity contribution is 7.98. The van der Waals surface area contributed by atoms with Gasteiger partial charge in [0.15, 0.2) is 5.69 Å². The molecule has 0 bridgehead atoms. The third-order valence-corrected chi connectivity index (χ3v) is 4.43. The van der Waals surface area contributed by atoms with E-state index < -0.39 is 0 Å². The zero-order valence-electron chi connectivity index (χ0n) is 13.5. The Hall–Kier alpha value is -1.79.